The largest absolute Gasteiger partial charge is 0.508 e. The maximum atomic E-state index is 10.7. The fourth-order valence-corrected chi connectivity index (χ4v) is 1.18. The number of hydrogen-bond acceptors (Lipinski definition) is 4. The highest BCUT2D eigenvalue weighted by atomic mass is 16.4. The molecule has 0 fully saturated rings. The quantitative estimate of drug-likeness (QED) is 0.695. The first-order valence-corrected chi connectivity index (χ1v) is 4.41. The molecule has 82 valence electrons. The van der Waals surface area contributed by atoms with E-state index in [2.05, 4.69) is 0 Å². The van der Waals surface area contributed by atoms with Gasteiger partial charge in [0.1, 0.15) is 17.5 Å². The molecule has 0 spiro atoms. The lowest BCUT2D eigenvalue weighted by Crippen LogP contribution is -2.35. The van der Waals surface area contributed by atoms with Crippen LogP contribution in [0.4, 0.5) is 5.69 Å². The number of anilines is 1. The lowest BCUT2D eigenvalue weighted by atomic mass is 10.2. The van der Waals surface area contributed by atoms with Crippen molar-refractivity contribution in [2.45, 2.75) is 13.0 Å². The molecule has 0 aliphatic heterocycles. The smallest absolute Gasteiger partial charge is 0.326 e. The summed E-state index contributed by atoms with van der Waals surface area (Å²) < 4.78 is 0. The highest BCUT2D eigenvalue weighted by molar-refractivity contribution is 5.78. The van der Waals surface area contributed by atoms with E-state index in [9.17, 15) is 9.90 Å². The average molecular weight is 211 g/mol. The summed E-state index contributed by atoms with van der Waals surface area (Å²) in [7, 11) is 1.56. The second-order valence-corrected chi connectivity index (χ2v) is 3.30. The molecule has 0 aliphatic carbocycles. The van der Waals surface area contributed by atoms with Gasteiger partial charge in [0.25, 0.3) is 0 Å². The molecule has 0 aromatic heterocycles. The van der Waals surface area contributed by atoms with Gasteiger partial charge in [0.05, 0.1) is 5.69 Å². The van der Waals surface area contributed by atoms with E-state index in [-0.39, 0.29) is 11.5 Å². The summed E-state index contributed by atoms with van der Waals surface area (Å²) in [6, 6.07) is 3.27. The molecule has 0 unspecified atom stereocenters. The van der Waals surface area contributed by atoms with E-state index in [1.807, 2.05) is 0 Å². The molecule has 0 bridgehead atoms. The van der Waals surface area contributed by atoms with Gasteiger partial charge in [0, 0.05) is 13.1 Å². The summed E-state index contributed by atoms with van der Waals surface area (Å²) in [6.45, 7) is 1.51. The van der Waals surface area contributed by atoms with E-state index in [1.165, 1.54) is 30.0 Å². The third-order valence-corrected chi connectivity index (χ3v) is 2.28. The molecular weight excluding hydrogens is 198 g/mol. The highest BCUT2D eigenvalue weighted by Gasteiger charge is 2.19. The van der Waals surface area contributed by atoms with Crippen LogP contribution in [0.5, 0.6) is 11.5 Å². The molecule has 3 N–H and O–H groups in total. The molecule has 1 rings (SSSR count). The molecule has 1 aromatic rings. The Labute approximate surface area is 87.2 Å². The minimum Gasteiger partial charge on any atom is -0.508 e. The van der Waals surface area contributed by atoms with E-state index >= 15 is 0 Å². The zero-order valence-electron chi connectivity index (χ0n) is 8.51. The van der Waals surface area contributed by atoms with E-state index < -0.39 is 12.0 Å². The Balaban J connectivity index is 3.01. The van der Waals surface area contributed by atoms with Crippen LogP contribution in [-0.2, 0) is 4.79 Å². The second kappa shape index (κ2) is 4.08. The van der Waals surface area contributed by atoms with E-state index in [4.69, 9.17) is 10.2 Å². The first-order chi connectivity index (χ1) is 6.93. The fourth-order valence-electron chi connectivity index (χ4n) is 1.18. The van der Waals surface area contributed by atoms with Crippen LogP contribution in [0.25, 0.3) is 0 Å². The Kier molecular flexibility index (Phi) is 3.04. The number of nitrogens with zero attached hydrogens (tertiary/aromatic N) is 1. The average Bonchev–Trinajstić information content (AvgIpc) is 2.15. The van der Waals surface area contributed by atoms with Crippen molar-refractivity contribution < 1.29 is 20.1 Å². The summed E-state index contributed by atoms with van der Waals surface area (Å²) >= 11 is 0. The Hall–Kier alpha value is -1.91. The van der Waals surface area contributed by atoms with Crippen molar-refractivity contribution >= 4 is 11.7 Å². The molecule has 0 amide bonds. The molecule has 0 radical (unpaired) electrons. The van der Waals surface area contributed by atoms with Gasteiger partial charge < -0.3 is 20.2 Å². The van der Waals surface area contributed by atoms with Crippen LogP contribution in [0, 0.1) is 0 Å². The third kappa shape index (κ3) is 2.31. The number of benzene rings is 1. The minimum atomic E-state index is -0.982. The lowest BCUT2D eigenvalue weighted by Gasteiger charge is -2.24. The van der Waals surface area contributed by atoms with Gasteiger partial charge >= 0.3 is 5.97 Å². The number of aromatic hydroxyl groups is 2. The van der Waals surface area contributed by atoms with Gasteiger partial charge in [-0.15, -0.1) is 0 Å². The minimum absolute atomic E-state index is 0.0624. The van der Waals surface area contributed by atoms with Crippen LogP contribution in [-0.4, -0.2) is 34.4 Å². The van der Waals surface area contributed by atoms with Gasteiger partial charge in [-0.2, -0.15) is 0 Å². The van der Waals surface area contributed by atoms with Crippen LogP contribution >= 0.6 is 0 Å². The molecule has 0 aliphatic rings. The summed E-state index contributed by atoms with van der Waals surface area (Å²) in [5.74, 6) is -1.19. The molecule has 5 heteroatoms. The van der Waals surface area contributed by atoms with Crippen LogP contribution in [0.3, 0.4) is 0 Å². The van der Waals surface area contributed by atoms with Gasteiger partial charge in [-0.3, -0.25) is 0 Å². The van der Waals surface area contributed by atoms with Crippen molar-refractivity contribution in [1.82, 2.24) is 0 Å². The van der Waals surface area contributed by atoms with Gasteiger partial charge in [-0.05, 0) is 19.1 Å². The number of carboxylic acids is 1. The van der Waals surface area contributed by atoms with E-state index in [1.54, 1.807) is 7.05 Å². The van der Waals surface area contributed by atoms with Crippen molar-refractivity contribution in [3.05, 3.63) is 18.2 Å². The van der Waals surface area contributed by atoms with Gasteiger partial charge in [-0.25, -0.2) is 4.79 Å². The summed E-state index contributed by atoms with van der Waals surface area (Å²) in [5.41, 5.74) is 0.364. The van der Waals surface area contributed by atoms with Crippen molar-refractivity contribution in [2.24, 2.45) is 0 Å². The number of carboxylic acid groups (broad SMARTS) is 1. The van der Waals surface area contributed by atoms with Crippen molar-refractivity contribution in [1.29, 1.82) is 0 Å². The highest BCUT2D eigenvalue weighted by Crippen LogP contribution is 2.30. The van der Waals surface area contributed by atoms with Crippen LogP contribution in [0.2, 0.25) is 0 Å². The molecule has 15 heavy (non-hydrogen) atoms. The normalized spacial score (nSPS) is 12.1. The van der Waals surface area contributed by atoms with Crippen LogP contribution in [0.1, 0.15) is 6.92 Å². The molecule has 1 atom stereocenters. The topological polar surface area (TPSA) is 81.0 Å². The zero-order chi connectivity index (χ0) is 11.6. The van der Waals surface area contributed by atoms with Gasteiger partial charge in [0.2, 0.25) is 0 Å². The van der Waals surface area contributed by atoms with E-state index in [0.29, 0.717) is 5.69 Å². The Bertz CT molecular complexity index is 378. The third-order valence-electron chi connectivity index (χ3n) is 2.28. The van der Waals surface area contributed by atoms with Crippen molar-refractivity contribution in [3.63, 3.8) is 0 Å². The number of carbonyl (C=O) groups is 1. The SMILES string of the molecule is C[C@@H](C(=O)O)N(C)c1ccc(O)cc1O. The maximum absolute atomic E-state index is 10.7. The Morgan fingerprint density at radius 3 is 2.47 bits per heavy atom. The predicted octanol–water partition coefficient (Wildman–Crippen LogP) is 1.01. The van der Waals surface area contributed by atoms with Crippen LogP contribution in [0.15, 0.2) is 18.2 Å². The first kappa shape index (κ1) is 11.2. The van der Waals surface area contributed by atoms with Crippen LogP contribution < -0.4 is 4.90 Å². The Morgan fingerprint density at radius 1 is 1.40 bits per heavy atom. The maximum Gasteiger partial charge on any atom is 0.326 e. The standard InChI is InChI=1S/C10H13NO4/c1-6(10(14)15)11(2)8-4-3-7(12)5-9(8)13/h3-6,12-13H,1-2H3,(H,14,15)/t6-/m0/s1. The molecular formula is C10H13NO4. The summed E-state index contributed by atoms with van der Waals surface area (Å²) in [6.07, 6.45) is 0. The van der Waals surface area contributed by atoms with Crippen molar-refractivity contribution in [3.8, 4) is 11.5 Å². The van der Waals surface area contributed by atoms with Gasteiger partial charge in [0.15, 0.2) is 0 Å². The monoisotopic (exact) mass is 211 g/mol. The lowest BCUT2D eigenvalue weighted by molar-refractivity contribution is -0.138. The number of phenols is 2. The number of rotatable bonds is 3. The molecule has 1 aromatic carbocycles. The van der Waals surface area contributed by atoms with E-state index in [0.717, 1.165) is 0 Å². The summed E-state index contributed by atoms with van der Waals surface area (Å²) in [5, 5.41) is 27.4. The fraction of sp³-hybridized carbons (Fsp3) is 0.300. The molecule has 0 heterocycles. The molecule has 0 saturated heterocycles. The van der Waals surface area contributed by atoms with Crippen molar-refractivity contribution in [2.75, 3.05) is 11.9 Å². The number of likely N-dealkylation sites (N-methyl/N-ethyl adjacent to an activating group) is 1. The second-order valence-electron chi connectivity index (χ2n) is 3.30. The number of aliphatic carboxylic acids is 1. The first-order valence-electron chi connectivity index (χ1n) is 4.41. The summed E-state index contributed by atoms with van der Waals surface area (Å²) in [4.78, 5) is 12.1. The number of phenolic OH excluding ortho intramolecular Hbond substituents is 2. The number of hydrogen-bond donors (Lipinski definition) is 3. The molecule has 5 nitrogen and oxygen atoms in total. The van der Waals surface area contributed by atoms with Gasteiger partial charge in [-0.1, -0.05) is 0 Å². The zero-order valence-corrected chi connectivity index (χ0v) is 8.51. The molecule has 0 saturated carbocycles. The predicted molar refractivity (Wildman–Crippen MR) is 55.3 cm³/mol. The Morgan fingerprint density at radius 2 is 2.00 bits per heavy atom.